The van der Waals surface area contributed by atoms with Crippen molar-refractivity contribution < 1.29 is 9.53 Å². The van der Waals surface area contributed by atoms with Crippen molar-refractivity contribution in [2.45, 2.75) is 51.2 Å². The first kappa shape index (κ1) is 12.4. The highest BCUT2D eigenvalue weighted by molar-refractivity contribution is 7.09. The van der Waals surface area contributed by atoms with Gasteiger partial charge in [-0.1, -0.05) is 19.8 Å². The van der Waals surface area contributed by atoms with Gasteiger partial charge in [0.15, 0.2) is 0 Å². The van der Waals surface area contributed by atoms with Crippen molar-refractivity contribution in [3.8, 4) is 0 Å². The Morgan fingerprint density at radius 2 is 2.41 bits per heavy atom. The largest absolute Gasteiger partial charge is 0.365 e. The molecule has 1 aromatic heterocycles. The summed E-state index contributed by atoms with van der Waals surface area (Å²) in [6.45, 7) is 1.96. The summed E-state index contributed by atoms with van der Waals surface area (Å²) >= 11 is 1.17. The van der Waals surface area contributed by atoms with Crippen LogP contribution in [0.1, 0.15) is 39.0 Å². The van der Waals surface area contributed by atoms with Crippen LogP contribution in [0.15, 0.2) is 6.33 Å². The summed E-state index contributed by atoms with van der Waals surface area (Å²) in [5, 5.41) is 3.26. The maximum absolute atomic E-state index is 11.9. The first-order valence-electron chi connectivity index (χ1n) is 6.02. The average Bonchev–Trinajstić information content (AvgIpc) is 2.97. The number of aromatic nitrogens is 2. The van der Waals surface area contributed by atoms with Gasteiger partial charge in [-0.25, -0.2) is 4.98 Å². The molecule has 0 bridgehead atoms. The van der Waals surface area contributed by atoms with Gasteiger partial charge in [-0.05, 0) is 19.3 Å². The van der Waals surface area contributed by atoms with Crippen molar-refractivity contribution in [2.24, 2.45) is 0 Å². The molecule has 0 aromatic carbocycles. The van der Waals surface area contributed by atoms with Gasteiger partial charge < -0.3 is 4.74 Å². The van der Waals surface area contributed by atoms with Gasteiger partial charge in [0.1, 0.15) is 12.4 Å². The number of carbonyl (C=O) groups excluding carboxylic acids is 1. The minimum Gasteiger partial charge on any atom is -0.365 e. The van der Waals surface area contributed by atoms with Gasteiger partial charge in [-0.3, -0.25) is 10.1 Å². The molecule has 1 aromatic rings. The molecular weight excluding hydrogens is 238 g/mol. The molecule has 1 aliphatic rings. The number of ether oxygens (including phenoxy) is 1. The topological polar surface area (TPSA) is 64.1 Å². The lowest BCUT2D eigenvalue weighted by Crippen LogP contribution is -2.32. The van der Waals surface area contributed by atoms with Crippen molar-refractivity contribution in [2.75, 3.05) is 5.32 Å². The van der Waals surface area contributed by atoms with E-state index in [1.54, 1.807) is 0 Å². The van der Waals surface area contributed by atoms with Gasteiger partial charge in [0, 0.05) is 11.5 Å². The predicted octanol–water partition coefficient (Wildman–Crippen LogP) is 2.21. The van der Waals surface area contributed by atoms with E-state index in [2.05, 4.69) is 14.7 Å². The molecule has 5 nitrogen and oxygen atoms in total. The van der Waals surface area contributed by atoms with Crippen LogP contribution in [0.2, 0.25) is 0 Å². The lowest BCUT2D eigenvalue weighted by Gasteiger charge is -2.19. The molecule has 2 rings (SSSR count). The Bertz CT molecular complexity index is 350. The Balaban J connectivity index is 1.86. The molecular formula is C11H17N3O2S. The van der Waals surface area contributed by atoms with Crippen LogP contribution in [0.4, 0.5) is 5.13 Å². The second-order valence-electron chi connectivity index (χ2n) is 4.18. The molecule has 0 saturated heterocycles. The fourth-order valence-corrected chi connectivity index (χ4v) is 2.45. The normalized spacial score (nSPS) is 18.2. The molecule has 1 fully saturated rings. The summed E-state index contributed by atoms with van der Waals surface area (Å²) in [5.41, 5.74) is 0. The summed E-state index contributed by atoms with van der Waals surface area (Å²) in [7, 11) is 0. The number of nitrogens with zero attached hydrogens (tertiary/aromatic N) is 2. The number of hydrogen-bond acceptors (Lipinski definition) is 5. The summed E-state index contributed by atoms with van der Waals surface area (Å²) in [6.07, 6.45) is 6.55. The minimum absolute atomic E-state index is 0.115. The van der Waals surface area contributed by atoms with Gasteiger partial charge in [0.05, 0.1) is 6.10 Å². The summed E-state index contributed by atoms with van der Waals surface area (Å²) in [4.78, 5) is 15.9. The molecule has 17 heavy (non-hydrogen) atoms. The summed E-state index contributed by atoms with van der Waals surface area (Å²) in [6, 6.07) is 0. The van der Waals surface area contributed by atoms with E-state index in [9.17, 15) is 4.79 Å². The van der Waals surface area contributed by atoms with E-state index in [0.29, 0.717) is 11.6 Å². The van der Waals surface area contributed by atoms with E-state index < -0.39 is 0 Å². The fraction of sp³-hybridized carbons (Fsp3) is 0.727. The number of nitrogens with one attached hydrogen (secondary N) is 1. The molecule has 6 heteroatoms. The number of rotatable bonds is 5. The quantitative estimate of drug-likeness (QED) is 0.876. The molecule has 1 saturated carbocycles. The van der Waals surface area contributed by atoms with Crippen LogP contribution in [-0.4, -0.2) is 27.5 Å². The molecule has 0 unspecified atom stereocenters. The fourth-order valence-electron chi connectivity index (χ4n) is 2.01. The van der Waals surface area contributed by atoms with Crippen LogP contribution in [0.5, 0.6) is 0 Å². The Morgan fingerprint density at radius 3 is 3.00 bits per heavy atom. The predicted molar refractivity (Wildman–Crippen MR) is 66.0 cm³/mol. The molecule has 1 N–H and O–H groups in total. The lowest BCUT2D eigenvalue weighted by molar-refractivity contribution is -0.131. The molecule has 1 heterocycles. The molecule has 94 valence electrons. The van der Waals surface area contributed by atoms with Gasteiger partial charge in [-0.2, -0.15) is 4.37 Å². The maximum Gasteiger partial charge on any atom is 0.255 e. The minimum atomic E-state index is -0.373. The molecule has 0 spiro atoms. The van der Waals surface area contributed by atoms with E-state index in [0.717, 1.165) is 12.8 Å². The number of carbonyl (C=O) groups is 1. The summed E-state index contributed by atoms with van der Waals surface area (Å²) < 4.78 is 9.65. The smallest absolute Gasteiger partial charge is 0.255 e. The van der Waals surface area contributed by atoms with Crippen LogP contribution in [0.25, 0.3) is 0 Å². The highest BCUT2D eigenvalue weighted by Crippen LogP contribution is 2.23. The van der Waals surface area contributed by atoms with Crippen molar-refractivity contribution in [1.29, 1.82) is 0 Å². The Kier molecular flexibility index (Phi) is 4.44. The third kappa shape index (κ3) is 3.47. The first-order valence-corrected chi connectivity index (χ1v) is 6.80. The Hall–Kier alpha value is -1.01. The second kappa shape index (κ2) is 6.07. The van der Waals surface area contributed by atoms with Crippen molar-refractivity contribution >= 4 is 22.6 Å². The molecule has 1 aliphatic carbocycles. The molecule has 0 radical (unpaired) electrons. The van der Waals surface area contributed by atoms with Crippen LogP contribution < -0.4 is 5.32 Å². The van der Waals surface area contributed by atoms with E-state index in [1.807, 2.05) is 6.92 Å². The summed E-state index contributed by atoms with van der Waals surface area (Å²) in [5.74, 6) is -0.115. The highest BCUT2D eigenvalue weighted by Gasteiger charge is 2.24. The van der Waals surface area contributed by atoms with Crippen molar-refractivity contribution in [1.82, 2.24) is 9.36 Å². The van der Waals surface area contributed by atoms with Crippen LogP contribution in [0, 0.1) is 0 Å². The molecule has 0 aliphatic heterocycles. The van der Waals surface area contributed by atoms with Crippen LogP contribution >= 0.6 is 11.5 Å². The maximum atomic E-state index is 11.9. The van der Waals surface area contributed by atoms with E-state index >= 15 is 0 Å². The standard InChI is InChI=1S/C11H17N3O2S/c1-2-9(16-8-5-3-4-6-8)10(15)14-11-12-7-13-17-11/h7-9H,2-6H2,1H3,(H,12,13,14,15)/t9-/m0/s1. The van der Waals surface area contributed by atoms with Gasteiger partial charge in [0.25, 0.3) is 5.91 Å². The van der Waals surface area contributed by atoms with E-state index in [-0.39, 0.29) is 18.1 Å². The highest BCUT2D eigenvalue weighted by atomic mass is 32.1. The zero-order chi connectivity index (χ0) is 12.1. The third-order valence-corrected chi connectivity index (χ3v) is 3.49. The first-order chi connectivity index (χ1) is 8.29. The van der Waals surface area contributed by atoms with E-state index in [1.165, 1.54) is 30.7 Å². The van der Waals surface area contributed by atoms with Gasteiger partial charge >= 0.3 is 0 Å². The number of anilines is 1. The number of amides is 1. The third-order valence-electron chi connectivity index (χ3n) is 2.91. The van der Waals surface area contributed by atoms with E-state index in [4.69, 9.17) is 4.74 Å². The zero-order valence-electron chi connectivity index (χ0n) is 9.89. The zero-order valence-corrected chi connectivity index (χ0v) is 10.7. The monoisotopic (exact) mass is 255 g/mol. The van der Waals surface area contributed by atoms with Crippen LogP contribution in [-0.2, 0) is 9.53 Å². The Morgan fingerprint density at radius 1 is 1.65 bits per heavy atom. The van der Waals surface area contributed by atoms with Gasteiger partial charge in [0.2, 0.25) is 5.13 Å². The average molecular weight is 255 g/mol. The SMILES string of the molecule is CC[C@H](OC1CCCC1)C(=O)Nc1ncns1. The lowest BCUT2D eigenvalue weighted by atomic mass is 10.2. The molecule has 1 atom stereocenters. The van der Waals surface area contributed by atoms with Crippen LogP contribution in [0.3, 0.4) is 0 Å². The van der Waals surface area contributed by atoms with Gasteiger partial charge in [-0.15, -0.1) is 0 Å². The Labute approximate surface area is 105 Å². The molecule has 1 amide bonds. The second-order valence-corrected chi connectivity index (χ2v) is 4.96. The van der Waals surface area contributed by atoms with Crippen molar-refractivity contribution in [3.05, 3.63) is 6.33 Å². The van der Waals surface area contributed by atoms with Crippen molar-refractivity contribution in [3.63, 3.8) is 0 Å². The number of hydrogen-bond donors (Lipinski definition) is 1.